The first kappa shape index (κ1) is 17.6. The van der Waals surface area contributed by atoms with E-state index in [4.69, 9.17) is 0 Å². The Labute approximate surface area is 144 Å². The largest absolute Gasteiger partial charge is 0.508 e. The van der Waals surface area contributed by atoms with Gasteiger partial charge >= 0.3 is 0 Å². The van der Waals surface area contributed by atoms with Gasteiger partial charge in [0.05, 0.1) is 0 Å². The second-order valence-electron chi connectivity index (χ2n) is 6.21. The van der Waals surface area contributed by atoms with Crippen molar-refractivity contribution < 1.29 is 5.11 Å². The summed E-state index contributed by atoms with van der Waals surface area (Å²) in [5.41, 5.74) is 3.53. The van der Waals surface area contributed by atoms with E-state index in [1.165, 1.54) is 0 Å². The first-order valence-corrected chi connectivity index (χ1v) is 8.03. The molecule has 2 rings (SSSR count). The number of fused-ring (bicyclic) bond motifs is 1. The zero-order valence-corrected chi connectivity index (χ0v) is 14.7. The number of phenolic OH excluding ortho intramolecular Hbond substituents is 1. The lowest BCUT2D eigenvalue weighted by molar-refractivity contribution is 0.466. The van der Waals surface area contributed by atoms with Crippen LogP contribution in [-0.2, 0) is 0 Å². The molecular formula is C22H25NO. The molecule has 0 saturated carbocycles. The van der Waals surface area contributed by atoms with Crippen LogP contribution >= 0.6 is 0 Å². The average Bonchev–Trinajstić information content (AvgIpc) is 2.57. The number of hydrogen-bond donors (Lipinski definition) is 1. The van der Waals surface area contributed by atoms with Crippen LogP contribution in [0.5, 0.6) is 5.75 Å². The Balaban J connectivity index is 2.55. The quantitative estimate of drug-likeness (QED) is 0.677. The van der Waals surface area contributed by atoms with Crippen molar-refractivity contribution in [3.05, 3.63) is 85.1 Å². The van der Waals surface area contributed by atoms with E-state index in [1.807, 2.05) is 42.4 Å². The van der Waals surface area contributed by atoms with Crippen molar-refractivity contribution in [3.63, 3.8) is 0 Å². The second-order valence-corrected chi connectivity index (χ2v) is 6.21. The van der Waals surface area contributed by atoms with Crippen molar-refractivity contribution in [2.24, 2.45) is 0 Å². The predicted molar refractivity (Wildman–Crippen MR) is 105 cm³/mol. The van der Waals surface area contributed by atoms with Gasteiger partial charge in [-0.2, -0.15) is 0 Å². The minimum atomic E-state index is 0.241. The fourth-order valence-electron chi connectivity index (χ4n) is 2.78. The Hall–Kier alpha value is -2.74. The highest BCUT2D eigenvalue weighted by Gasteiger charge is 2.16. The van der Waals surface area contributed by atoms with E-state index in [9.17, 15) is 5.11 Å². The van der Waals surface area contributed by atoms with Crippen LogP contribution in [-0.4, -0.2) is 17.1 Å². The first-order chi connectivity index (χ1) is 11.4. The van der Waals surface area contributed by atoms with Gasteiger partial charge in [0, 0.05) is 30.1 Å². The summed E-state index contributed by atoms with van der Waals surface area (Å²) in [6.45, 7) is 15.9. The Morgan fingerprint density at radius 1 is 1.17 bits per heavy atom. The molecule has 1 N–H and O–H groups in total. The molecule has 0 atom stereocenters. The van der Waals surface area contributed by atoms with Crippen molar-refractivity contribution >= 4 is 16.5 Å². The number of phenols is 1. The molecule has 0 fully saturated rings. The summed E-state index contributed by atoms with van der Waals surface area (Å²) in [5, 5.41) is 12.7. The van der Waals surface area contributed by atoms with Crippen LogP contribution in [0, 0.1) is 0 Å². The smallest absolute Gasteiger partial charge is 0.120 e. The van der Waals surface area contributed by atoms with Gasteiger partial charge < -0.3 is 10.0 Å². The van der Waals surface area contributed by atoms with Gasteiger partial charge in [0.2, 0.25) is 0 Å². The van der Waals surface area contributed by atoms with Crippen LogP contribution in [0.4, 0.5) is 0 Å². The van der Waals surface area contributed by atoms with E-state index in [2.05, 4.69) is 45.7 Å². The molecule has 0 bridgehead atoms. The molecule has 24 heavy (non-hydrogen) atoms. The molecular weight excluding hydrogens is 294 g/mol. The monoisotopic (exact) mass is 319 g/mol. The van der Waals surface area contributed by atoms with Gasteiger partial charge in [-0.1, -0.05) is 63.9 Å². The number of nitrogens with zero attached hydrogens (tertiary/aromatic N) is 1. The summed E-state index contributed by atoms with van der Waals surface area (Å²) in [4.78, 5) is 1.92. The van der Waals surface area contributed by atoms with Gasteiger partial charge in [-0.05, 0) is 34.4 Å². The number of rotatable bonds is 6. The van der Waals surface area contributed by atoms with Crippen LogP contribution in [0.2, 0.25) is 0 Å². The maximum atomic E-state index is 10.5. The maximum absolute atomic E-state index is 10.5. The SMILES string of the molecule is C=CC(=C)/C=C\N(C)C(=C)c1cc(O)c(C(C)C)c2ccccc12. The molecule has 0 heterocycles. The Morgan fingerprint density at radius 3 is 2.38 bits per heavy atom. The molecule has 2 heteroatoms. The highest BCUT2D eigenvalue weighted by Crippen LogP contribution is 2.38. The molecule has 0 aromatic heterocycles. The summed E-state index contributed by atoms with van der Waals surface area (Å²) in [6.07, 6.45) is 5.48. The van der Waals surface area contributed by atoms with Crippen molar-refractivity contribution in [1.82, 2.24) is 4.90 Å². The van der Waals surface area contributed by atoms with E-state index in [0.29, 0.717) is 5.75 Å². The Morgan fingerprint density at radius 2 is 1.79 bits per heavy atom. The van der Waals surface area contributed by atoms with Gasteiger partial charge in [-0.25, -0.2) is 0 Å². The number of allylic oxidation sites excluding steroid dienone is 3. The van der Waals surface area contributed by atoms with Gasteiger partial charge in [0.15, 0.2) is 0 Å². The minimum absolute atomic E-state index is 0.241. The highest BCUT2D eigenvalue weighted by molar-refractivity contribution is 5.97. The molecule has 124 valence electrons. The summed E-state index contributed by atoms with van der Waals surface area (Å²) in [7, 11) is 1.93. The summed E-state index contributed by atoms with van der Waals surface area (Å²) in [5.74, 6) is 0.554. The predicted octanol–water partition coefficient (Wildman–Crippen LogP) is 5.83. The van der Waals surface area contributed by atoms with Crippen LogP contribution in [0.15, 0.2) is 74.0 Å². The molecule has 0 aliphatic carbocycles. The average molecular weight is 319 g/mol. The van der Waals surface area contributed by atoms with E-state index in [-0.39, 0.29) is 5.92 Å². The number of hydrogen-bond acceptors (Lipinski definition) is 2. The van der Waals surface area contributed by atoms with Crippen molar-refractivity contribution in [2.45, 2.75) is 19.8 Å². The lowest BCUT2D eigenvalue weighted by atomic mass is 9.91. The third-order valence-electron chi connectivity index (χ3n) is 4.15. The topological polar surface area (TPSA) is 23.5 Å². The highest BCUT2D eigenvalue weighted by atomic mass is 16.3. The molecule has 2 nitrogen and oxygen atoms in total. The molecule has 2 aromatic rings. The maximum Gasteiger partial charge on any atom is 0.120 e. The third-order valence-corrected chi connectivity index (χ3v) is 4.15. The van der Waals surface area contributed by atoms with Crippen molar-refractivity contribution in [3.8, 4) is 5.75 Å². The third kappa shape index (κ3) is 3.43. The molecule has 0 aliphatic heterocycles. The van der Waals surface area contributed by atoms with Crippen LogP contribution < -0.4 is 0 Å². The minimum Gasteiger partial charge on any atom is -0.508 e. The lowest BCUT2D eigenvalue weighted by Gasteiger charge is -2.22. The van der Waals surface area contributed by atoms with E-state index in [0.717, 1.165) is 33.2 Å². The van der Waals surface area contributed by atoms with Crippen molar-refractivity contribution in [1.29, 1.82) is 0 Å². The zero-order chi connectivity index (χ0) is 17.9. The van der Waals surface area contributed by atoms with E-state index < -0.39 is 0 Å². The summed E-state index contributed by atoms with van der Waals surface area (Å²) >= 11 is 0. The molecule has 2 aromatic carbocycles. The normalized spacial score (nSPS) is 11.2. The number of aromatic hydroxyl groups is 1. The molecule has 0 unspecified atom stereocenters. The second kappa shape index (κ2) is 7.22. The zero-order valence-electron chi connectivity index (χ0n) is 14.7. The molecule has 0 spiro atoms. The standard InChI is InChI=1S/C22H25NO/c1-7-16(4)12-13-23(6)17(5)20-14-21(24)22(15(2)3)19-11-9-8-10-18(19)20/h7-15,24H,1,4-5H2,2-3,6H3/b13-12-. The van der Waals surface area contributed by atoms with E-state index >= 15 is 0 Å². The van der Waals surface area contributed by atoms with Gasteiger partial charge in [0.25, 0.3) is 0 Å². The molecule has 0 saturated heterocycles. The van der Waals surface area contributed by atoms with Gasteiger partial charge in [-0.15, -0.1) is 0 Å². The van der Waals surface area contributed by atoms with Crippen LogP contribution in [0.3, 0.4) is 0 Å². The summed E-state index contributed by atoms with van der Waals surface area (Å²) in [6, 6.07) is 9.94. The van der Waals surface area contributed by atoms with Crippen molar-refractivity contribution in [2.75, 3.05) is 7.05 Å². The first-order valence-electron chi connectivity index (χ1n) is 8.03. The van der Waals surface area contributed by atoms with E-state index in [1.54, 1.807) is 6.08 Å². The fraction of sp³-hybridized carbons (Fsp3) is 0.182. The molecule has 0 amide bonds. The molecule has 0 aliphatic rings. The van der Waals surface area contributed by atoms with Crippen LogP contribution in [0.25, 0.3) is 16.5 Å². The fourth-order valence-corrected chi connectivity index (χ4v) is 2.78. The summed E-state index contributed by atoms with van der Waals surface area (Å²) < 4.78 is 0. The lowest BCUT2D eigenvalue weighted by Crippen LogP contribution is -2.09. The van der Waals surface area contributed by atoms with Gasteiger partial charge in [-0.3, -0.25) is 0 Å². The Kier molecular flexibility index (Phi) is 5.30. The Bertz CT molecular complexity index is 827. The van der Waals surface area contributed by atoms with Gasteiger partial charge in [0.1, 0.15) is 5.75 Å². The molecule has 0 radical (unpaired) electrons. The number of benzene rings is 2. The van der Waals surface area contributed by atoms with Crippen LogP contribution in [0.1, 0.15) is 30.9 Å².